The number of hydrogen-bond donors (Lipinski definition) is 1. The zero-order valence-corrected chi connectivity index (χ0v) is 15.5. The van der Waals surface area contributed by atoms with Crippen LogP contribution < -0.4 is 9.64 Å². The molecule has 1 heterocycles. The van der Waals surface area contributed by atoms with Crippen molar-refractivity contribution in [3.8, 4) is 5.75 Å². The molecule has 0 saturated carbocycles. The van der Waals surface area contributed by atoms with E-state index in [4.69, 9.17) is 9.84 Å². The first-order valence-electron chi connectivity index (χ1n) is 8.86. The summed E-state index contributed by atoms with van der Waals surface area (Å²) in [6.07, 6.45) is -0.549. The maximum absolute atomic E-state index is 12.6. The third-order valence-electron chi connectivity index (χ3n) is 4.16. The molecular weight excluding hydrogens is 336 g/mol. The first-order chi connectivity index (χ1) is 12.3. The molecule has 26 heavy (non-hydrogen) atoms. The molecule has 0 spiro atoms. The summed E-state index contributed by atoms with van der Waals surface area (Å²) in [5, 5.41) is 8.88. The van der Waals surface area contributed by atoms with E-state index >= 15 is 0 Å². The van der Waals surface area contributed by atoms with Crippen molar-refractivity contribution in [2.75, 3.05) is 24.5 Å². The van der Waals surface area contributed by atoms with Crippen molar-refractivity contribution in [3.05, 3.63) is 24.3 Å². The molecule has 0 aliphatic carbocycles. The Morgan fingerprint density at radius 2 is 1.96 bits per heavy atom. The third-order valence-corrected chi connectivity index (χ3v) is 4.16. The van der Waals surface area contributed by atoms with Gasteiger partial charge in [0.25, 0.3) is 5.91 Å². The zero-order chi connectivity index (χ0) is 19.3. The van der Waals surface area contributed by atoms with Crippen molar-refractivity contribution in [2.24, 2.45) is 5.92 Å². The van der Waals surface area contributed by atoms with Crippen LogP contribution in [0, 0.1) is 5.92 Å². The highest BCUT2D eigenvalue weighted by Crippen LogP contribution is 2.33. The highest BCUT2D eigenvalue weighted by Gasteiger charge is 2.31. The zero-order valence-electron chi connectivity index (χ0n) is 15.5. The van der Waals surface area contributed by atoms with Crippen LogP contribution >= 0.6 is 0 Å². The van der Waals surface area contributed by atoms with E-state index in [1.165, 1.54) is 0 Å². The van der Waals surface area contributed by atoms with Crippen molar-refractivity contribution < 1.29 is 24.2 Å². The largest absolute Gasteiger partial charge is 0.481 e. The fourth-order valence-electron chi connectivity index (χ4n) is 2.94. The molecule has 0 aromatic heterocycles. The van der Waals surface area contributed by atoms with E-state index in [0.717, 1.165) is 0 Å². The van der Waals surface area contributed by atoms with Gasteiger partial charge in [-0.25, -0.2) is 0 Å². The van der Waals surface area contributed by atoms with E-state index < -0.39 is 12.1 Å². The number of anilines is 1. The Kier molecular flexibility index (Phi) is 6.60. The Morgan fingerprint density at radius 3 is 2.62 bits per heavy atom. The van der Waals surface area contributed by atoms with E-state index in [1.807, 2.05) is 26.0 Å². The maximum atomic E-state index is 12.6. The molecule has 2 rings (SSSR count). The van der Waals surface area contributed by atoms with E-state index in [0.29, 0.717) is 18.0 Å². The van der Waals surface area contributed by atoms with Gasteiger partial charge in [0, 0.05) is 26.1 Å². The Bertz CT molecular complexity index is 674. The van der Waals surface area contributed by atoms with Gasteiger partial charge in [-0.1, -0.05) is 26.0 Å². The highest BCUT2D eigenvalue weighted by atomic mass is 16.5. The average molecular weight is 362 g/mol. The Balaban J connectivity index is 2.06. The average Bonchev–Trinajstić information content (AvgIpc) is 2.58. The number of ether oxygens (including phenoxy) is 1. The summed E-state index contributed by atoms with van der Waals surface area (Å²) in [7, 11) is 0. The number of carboxylic acid groups (broad SMARTS) is 1. The van der Waals surface area contributed by atoms with Crippen LogP contribution in [0.2, 0.25) is 0 Å². The summed E-state index contributed by atoms with van der Waals surface area (Å²) in [4.78, 5) is 39.0. The summed E-state index contributed by atoms with van der Waals surface area (Å²) in [5.74, 6) is -0.407. The molecule has 0 saturated heterocycles. The molecule has 1 aliphatic rings. The molecule has 1 aromatic carbocycles. The number of carboxylic acids is 1. The number of nitrogens with zero attached hydrogens (tertiary/aromatic N) is 2. The molecule has 0 fully saturated rings. The first-order valence-corrected chi connectivity index (χ1v) is 8.86. The predicted molar refractivity (Wildman–Crippen MR) is 97.2 cm³/mol. The SMILES string of the molecule is CC(C)CN(CCC(=O)O)C(=O)CCN1C(=O)C(C)Oc2ccccc21. The fourth-order valence-corrected chi connectivity index (χ4v) is 2.94. The van der Waals surface area contributed by atoms with E-state index in [2.05, 4.69) is 0 Å². The van der Waals surface area contributed by atoms with Crippen LogP contribution in [0.1, 0.15) is 33.6 Å². The van der Waals surface area contributed by atoms with Gasteiger partial charge in [0.15, 0.2) is 6.10 Å². The molecule has 0 bridgehead atoms. The Labute approximate surface area is 153 Å². The lowest BCUT2D eigenvalue weighted by Gasteiger charge is -2.33. The molecule has 7 heteroatoms. The number of benzene rings is 1. The van der Waals surface area contributed by atoms with Gasteiger partial charge in [0.05, 0.1) is 12.1 Å². The van der Waals surface area contributed by atoms with Gasteiger partial charge in [-0.15, -0.1) is 0 Å². The smallest absolute Gasteiger partial charge is 0.305 e. The van der Waals surface area contributed by atoms with Gasteiger partial charge in [-0.2, -0.15) is 0 Å². The molecule has 142 valence electrons. The van der Waals surface area contributed by atoms with Gasteiger partial charge >= 0.3 is 5.97 Å². The molecule has 1 atom stereocenters. The molecule has 2 amide bonds. The first kappa shape index (κ1) is 19.8. The number of hydrogen-bond acceptors (Lipinski definition) is 4. The van der Waals surface area contributed by atoms with Crippen LogP contribution in [-0.2, 0) is 14.4 Å². The highest BCUT2D eigenvalue weighted by molar-refractivity contribution is 6.00. The van der Waals surface area contributed by atoms with Crippen LogP contribution in [0.15, 0.2) is 24.3 Å². The summed E-state index contributed by atoms with van der Waals surface area (Å²) in [6.45, 7) is 6.55. The summed E-state index contributed by atoms with van der Waals surface area (Å²) < 4.78 is 5.59. The van der Waals surface area contributed by atoms with E-state index in [-0.39, 0.29) is 43.7 Å². The lowest BCUT2D eigenvalue weighted by atomic mass is 10.1. The summed E-state index contributed by atoms with van der Waals surface area (Å²) >= 11 is 0. The molecule has 0 radical (unpaired) electrons. The minimum absolute atomic E-state index is 0.0885. The quantitative estimate of drug-likeness (QED) is 0.766. The van der Waals surface area contributed by atoms with Gasteiger partial charge in [0.1, 0.15) is 5.75 Å². The van der Waals surface area contributed by atoms with Gasteiger partial charge in [-0.3, -0.25) is 14.4 Å². The standard InChI is InChI=1S/C19H26N2O5/c1-13(2)12-20(10-9-18(23)24)17(22)8-11-21-15-6-4-5-7-16(15)26-14(3)19(21)25/h4-7,13-14H,8-12H2,1-3H3,(H,23,24). The summed E-state index contributed by atoms with van der Waals surface area (Å²) in [5.41, 5.74) is 0.657. The number of aliphatic carboxylic acids is 1. The van der Waals surface area contributed by atoms with Crippen molar-refractivity contribution in [3.63, 3.8) is 0 Å². The summed E-state index contributed by atoms with van der Waals surface area (Å²) in [6, 6.07) is 7.24. The van der Waals surface area contributed by atoms with Crippen LogP contribution in [0.25, 0.3) is 0 Å². The number of amides is 2. The van der Waals surface area contributed by atoms with Crippen LogP contribution in [0.5, 0.6) is 5.75 Å². The number of para-hydroxylation sites is 2. The molecule has 1 aliphatic heterocycles. The molecule has 7 nitrogen and oxygen atoms in total. The molecule has 1 aromatic rings. The van der Waals surface area contributed by atoms with Crippen LogP contribution in [0.4, 0.5) is 5.69 Å². The Hall–Kier alpha value is -2.57. The minimum Gasteiger partial charge on any atom is -0.481 e. The Morgan fingerprint density at radius 1 is 1.27 bits per heavy atom. The van der Waals surface area contributed by atoms with E-state index in [1.54, 1.807) is 28.9 Å². The van der Waals surface area contributed by atoms with Crippen molar-refractivity contribution in [2.45, 2.75) is 39.7 Å². The predicted octanol–water partition coefficient (Wildman–Crippen LogP) is 2.15. The number of carbonyl (C=O) groups excluding carboxylic acids is 2. The molecule has 1 N–H and O–H groups in total. The van der Waals surface area contributed by atoms with Gasteiger partial charge in [-0.05, 0) is 25.0 Å². The van der Waals surface area contributed by atoms with Crippen molar-refractivity contribution in [1.82, 2.24) is 4.90 Å². The lowest BCUT2D eigenvalue weighted by molar-refractivity contribution is -0.138. The van der Waals surface area contributed by atoms with Gasteiger partial charge < -0.3 is 19.6 Å². The molecular formula is C19H26N2O5. The minimum atomic E-state index is -0.933. The van der Waals surface area contributed by atoms with Crippen molar-refractivity contribution >= 4 is 23.5 Å². The number of carbonyl (C=O) groups is 3. The van der Waals surface area contributed by atoms with E-state index in [9.17, 15) is 14.4 Å². The third kappa shape index (κ3) is 4.97. The monoisotopic (exact) mass is 362 g/mol. The van der Waals surface area contributed by atoms with Crippen molar-refractivity contribution in [1.29, 1.82) is 0 Å². The second-order valence-corrected chi connectivity index (χ2v) is 6.85. The normalized spacial score (nSPS) is 16.2. The van der Waals surface area contributed by atoms with Gasteiger partial charge in [0.2, 0.25) is 5.91 Å². The number of rotatable bonds is 8. The molecule has 1 unspecified atom stereocenters. The maximum Gasteiger partial charge on any atom is 0.305 e. The lowest BCUT2D eigenvalue weighted by Crippen LogP contribution is -2.46. The second-order valence-electron chi connectivity index (χ2n) is 6.85. The fraction of sp³-hybridized carbons (Fsp3) is 0.526. The number of fused-ring (bicyclic) bond motifs is 1. The van der Waals surface area contributed by atoms with Crippen LogP contribution in [0.3, 0.4) is 0 Å². The second kappa shape index (κ2) is 8.69. The van der Waals surface area contributed by atoms with Crippen LogP contribution in [-0.4, -0.2) is 53.5 Å². The topological polar surface area (TPSA) is 87.2 Å².